The first-order valence-corrected chi connectivity index (χ1v) is 7.62. The second-order valence-corrected chi connectivity index (χ2v) is 6.46. The van der Waals surface area contributed by atoms with Crippen molar-refractivity contribution >= 4 is 38.9 Å². The van der Waals surface area contributed by atoms with E-state index in [9.17, 15) is 9.90 Å². The maximum absolute atomic E-state index is 11.4. The van der Waals surface area contributed by atoms with E-state index >= 15 is 0 Å². The lowest BCUT2D eigenvalue weighted by Crippen LogP contribution is -2.37. The third-order valence-electron chi connectivity index (χ3n) is 3.32. The number of benzene rings is 1. The summed E-state index contributed by atoms with van der Waals surface area (Å²) in [4.78, 5) is 14.6. The maximum Gasteiger partial charge on any atom is 0.326 e. The summed E-state index contributed by atoms with van der Waals surface area (Å²) in [7, 11) is 0. The number of carbonyl (C=O) groups is 1. The normalized spacial score (nSPS) is 17.5. The summed E-state index contributed by atoms with van der Waals surface area (Å²) in [5, 5.41) is 11.4. The molecular formula is C14H12BrNO2S. The number of halogens is 1. The quantitative estimate of drug-likeness (QED) is 0.931. The SMILES string of the molecule is O=C(O)C1Cc2ccccc2N1Cc1cc(Br)cs1. The van der Waals surface area contributed by atoms with Crippen LogP contribution in [-0.2, 0) is 17.8 Å². The molecule has 0 saturated heterocycles. The van der Waals surface area contributed by atoms with Gasteiger partial charge in [-0.2, -0.15) is 0 Å². The van der Waals surface area contributed by atoms with Gasteiger partial charge in [-0.3, -0.25) is 0 Å². The van der Waals surface area contributed by atoms with Crippen LogP contribution in [-0.4, -0.2) is 17.1 Å². The lowest BCUT2D eigenvalue weighted by atomic mass is 10.1. The largest absolute Gasteiger partial charge is 0.480 e. The maximum atomic E-state index is 11.4. The monoisotopic (exact) mass is 337 g/mol. The Kier molecular flexibility index (Phi) is 3.33. The lowest BCUT2D eigenvalue weighted by Gasteiger charge is -2.24. The van der Waals surface area contributed by atoms with Crippen molar-refractivity contribution in [2.45, 2.75) is 19.0 Å². The standard InChI is InChI=1S/C14H12BrNO2S/c15-10-6-11(19-8-10)7-16-12-4-2-1-3-9(12)5-13(16)14(17)18/h1-4,6,8,13H,5,7H2,(H,17,18). The molecule has 0 radical (unpaired) electrons. The van der Waals surface area contributed by atoms with Gasteiger partial charge in [-0.15, -0.1) is 11.3 Å². The smallest absolute Gasteiger partial charge is 0.326 e. The average Bonchev–Trinajstić information content (AvgIpc) is 2.95. The lowest BCUT2D eigenvalue weighted by molar-refractivity contribution is -0.138. The third-order valence-corrected chi connectivity index (χ3v) is 5.01. The number of para-hydroxylation sites is 1. The van der Waals surface area contributed by atoms with Gasteiger partial charge in [-0.25, -0.2) is 4.79 Å². The van der Waals surface area contributed by atoms with E-state index in [0.29, 0.717) is 13.0 Å². The molecule has 3 rings (SSSR count). The topological polar surface area (TPSA) is 40.5 Å². The molecule has 0 aliphatic carbocycles. The highest BCUT2D eigenvalue weighted by atomic mass is 79.9. The zero-order valence-electron chi connectivity index (χ0n) is 10.0. The number of aliphatic carboxylic acids is 1. The van der Waals surface area contributed by atoms with E-state index < -0.39 is 12.0 Å². The summed E-state index contributed by atoms with van der Waals surface area (Å²) in [6.45, 7) is 0.643. The first-order valence-electron chi connectivity index (χ1n) is 5.95. The second kappa shape index (κ2) is 4.98. The van der Waals surface area contributed by atoms with Gasteiger partial charge in [0.1, 0.15) is 6.04 Å². The minimum absolute atomic E-state index is 0.460. The Bertz CT molecular complexity index is 625. The molecule has 19 heavy (non-hydrogen) atoms. The van der Waals surface area contributed by atoms with Crippen LogP contribution in [0.3, 0.4) is 0 Å². The van der Waals surface area contributed by atoms with Crippen molar-refractivity contribution in [2.75, 3.05) is 4.90 Å². The summed E-state index contributed by atoms with van der Waals surface area (Å²) >= 11 is 5.08. The van der Waals surface area contributed by atoms with Gasteiger partial charge in [-0.1, -0.05) is 18.2 Å². The molecule has 0 bridgehead atoms. The molecule has 1 unspecified atom stereocenters. The van der Waals surface area contributed by atoms with Crippen molar-refractivity contribution in [1.82, 2.24) is 0 Å². The highest BCUT2D eigenvalue weighted by Crippen LogP contribution is 2.34. The zero-order chi connectivity index (χ0) is 13.4. The number of hydrogen-bond donors (Lipinski definition) is 1. The molecule has 0 fully saturated rings. The van der Waals surface area contributed by atoms with E-state index in [4.69, 9.17) is 0 Å². The zero-order valence-corrected chi connectivity index (χ0v) is 12.4. The van der Waals surface area contributed by atoms with Gasteiger partial charge in [0.25, 0.3) is 0 Å². The Morgan fingerprint density at radius 3 is 2.95 bits per heavy atom. The van der Waals surface area contributed by atoms with Gasteiger partial charge >= 0.3 is 5.97 Å². The van der Waals surface area contributed by atoms with Crippen LogP contribution in [0.2, 0.25) is 0 Å². The minimum atomic E-state index is -0.758. The van der Waals surface area contributed by atoms with Crippen molar-refractivity contribution in [2.24, 2.45) is 0 Å². The molecule has 1 aromatic heterocycles. The third kappa shape index (κ3) is 2.40. The summed E-state index contributed by atoms with van der Waals surface area (Å²) in [5.74, 6) is -0.758. The van der Waals surface area contributed by atoms with Crippen LogP contribution >= 0.6 is 27.3 Å². The Hall–Kier alpha value is -1.33. The molecule has 5 heteroatoms. The van der Waals surface area contributed by atoms with Crippen molar-refractivity contribution in [3.63, 3.8) is 0 Å². The van der Waals surface area contributed by atoms with Crippen LogP contribution in [0, 0.1) is 0 Å². The van der Waals surface area contributed by atoms with Crippen LogP contribution in [0.15, 0.2) is 40.2 Å². The molecule has 98 valence electrons. The van der Waals surface area contributed by atoms with Crippen LogP contribution in [0.5, 0.6) is 0 Å². The minimum Gasteiger partial charge on any atom is -0.480 e. The van der Waals surface area contributed by atoms with Crippen molar-refractivity contribution < 1.29 is 9.90 Å². The molecule has 3 nitrogen and oxygen atoms in total. The van der Waals surface area contributed by atoms with E-state index in [-0.39, 0.29) is 0 Å². The molecule has 1 N–H and O–H groups in total. The van der Waals surface area contributed by atoms with E-state index in [2.05, 4.69) is 15.9 Å². The summed E-state index contributed by atoms with van der Waals surface area (Å²) in [5.41, 5.74) is 2.16. The molecule has 1 aliphatic heterocycles. The number of carboxylic acids is 1. The molecule has 1 aromatic carbocycles. The number of thiophene rings is 1. The van der Waals surface area contributed by atoms with E-state index in [1.54, 1.807) is 11.3 Å². The molecular weight excluding hydrogens is 326 g/mol. The number of hydrogen-bond acceptors (Lipinski definition) is 3. The Morgan fingerprint density at radius 1 is 1.47 bits per heavy atom. The Balaban J connectivity index is 1.93. The number of anilines is 1. The summed E-state index contributed by atoms with van der Waals surface area (Å²) in [6.07, 6.45) is 0.581. The van der Waals surface area contributed by atoms with Crippen LogP contribution in [0.4, 0.5) is 5.69 Å². The van der Waals surface area contributed by atoms with Crippen LogP contribution in [0.1, 0.15) is 10.4 Å². The predicted molar refractivity (Wildman–Crippen MR) is 79.8 cm³/mol. The van der Waals surface area contributed by atoms with Gasteiger partial charge in [0.05, 0.1) is 6.54 Å². The second-order valence-electron chi connectivity index (χ2n) is 4.55. The first kappa shape index (κ1) is 12.7. The number of carboxylic acid groups (broad SMARTS) is 1. The summed E-state index contributed by atoms with van der Waals surface area (Å²) in [6, 6.07) is 9.52. The van der Waals surface area contributed by atoms with Gasteiger partial charge < -0.3 is 10.0 Å². The summed E-state index contributed by atoms with van der Waals surface area (Å²) < 4.78 is 1.05. The van der Waals surface area contributed by atoms with Crippen LogP contribution in [0.25, 0.3) is 0 Å². The van der Waals surface area contributed by atoms with Gasteiger partial charge in [-0.05, 0) is 33.6 Å². The molecule has 0 saturated carbocycles. The van der Waals surface area contributed by atoms with Gasteiger partial charge in [0, 0.05) is 26.8 Å². The van der Waals surface area contributed by atoms with Crippen molar-refractivity contribution in [3.05, 3.63) is 50.6 Å². The Morgan fingerprint density at radius 2 is 2.26 bits per heavy atom. The molecule has 1 aliphatic rings. The predicted octanol–water partition coefficient (Wildman–Crippen LogP) is 3.53. The molecule has 2 aromatic rings. The highest BCUT2D eigenvalue weighted by Gasteiger charge is 2.34. The van der Waals surface area contributed by atoms with Crippen molar-refractivity contribution in [1.29, 1.82) is 0 Å². The highest BCUT2D eigenvalue weighted by molar-refractivity contribution is 9.10. The molecule has 0 spiro atoms. The van der Waals surface area contributed by atoms with E-state index in [0.717, 1.165) is 20.6 Å². The van der Waals surface area contributed by atoms with Crippen LogP contribution < -0.4 is 4.90 Å². The molecule has 2 heterocycles. The van der Waals surface area contributed by atoms with E-state index in [1.165, 1.54) is 0 Å². The number of rotatable bonds is 3. The van der Waals surface area contributed by atoms with Crippen molar-refractivity contribution in [3.8, 4) is 0 Å². The fourth-order valence-corrected chi connectivity index (χ4v) is 3.92. The van der Waals surface area contributed by atoms with Gasteiger partial charge in [0.15, 0.2) is 0 Å². The molecule has 1 atom stereocenters. The number of nitrogens with zero attached hydrogens (tertiary/aromatic N) is 1. The van der Waals surface area contributed by atoms with Gasteiger partial charge in [0.2, 0.25) is 0 Å². The average molecular weight is 338 g/mol. The molecule has 0 amide bonds. The Labute approximate surface area is 123 Å². The number of fused-ring (bicyclic) bond motifs is 1. The fraction of sp³-hybridized carbons (Fsp3) is 0.214. The first-order chi connectivity index (χ1) is 9.15. The van der Waals surface area contributed by atoms with E-state index in [1.807, 2.05) is 40.6 Å². The fourth-order valence-electron chi connectivity index (χ4n) is 2.47.